The zero-order chi connectivity index (χ0) is 10.4. The van der Waals surface area contributed by atoms with Crippen molar-refractivity contribution in [3.8, 4) is 0 Å². The smallest absolute Gasteiger partial charge is 0.149 e. The number of fused-ring (bicyclic) bond motifs is 3. The van der Waals surface area contributed by atoms with E-state index in [0.717, 1.165) is 22.2 Å². The van der Waals surface area contributed by atoms with Crippen molar-refractivity contribution < 1.29 is 9.13 Å². The number of aromatic nitrogens is 1. The van der Waals surface area contributed by atoms with Crippen LogP contribution in [0.5, 0.6) is 0 Å². The van der Waals surface area contributed by atoms with Crippen molar-refractivity contribution in [2.45, 2.75) is 20.1 Å². The topological polar surface area (TPSA) is 22.1 Å². The molecule has 15 heavy (non-hydrogen) atoms. The number of aryl methyl sites for hydroxylation is 1. The molecular formula is C12H10FNO. The molecule has 1 aliphatic rings. The highest BCUT2D eigenvalue weighted by molar-refractivity contribution is 5.84. The van der Waals surface area contributed by atoms with Gasteiger partial charge in [-0.1, -0.05) is 12.1 Å². The number of ether oxygens (including phenoxy) is 1. The van der Waals surface area contributed by atoms with Gasteiger partial charge in [-0.2, -0.15) is 0 Å². The Morgan fingerprint density at radius 3 is 2.93 bits per heavy atom. The molecule has 2 aromatic rings. The molecule has 1 aromatic heterocycles. The lowest BCUT2D eigenvalue weighted by Crippen LogP contribution is -1.96. The van der Waals surface area contributed by atoms with Crippen LogP contribution in [0.2, 0.25) is 0 Å². The number of nitrogens with zero attached hydrogens (tertiary/aromatic N) is 1. The third-order valence-electron chi connectivity index (χ3n) is 2.89. The van der Waals surface area contributed by atoms with Crippen molar-refractivity contribution in [1.82, 2.24) is 4.98 Å². The van der Waals surface area contributed by atoms with Crippen LogP contribution in [0.3, 0.4) is 0 Å². The summed E-state index contributed by atoms with van der Waals surface area (Å²) in [7, 11) is 0. The summed E-state index contributed by atoms with van der Waals surface area (Å²) in [5, 5.41) is 0.882. The van der Waals surface area contributed by atoms with Crippen molar-refractivity contribution in [2.75, 3.05) is 0 Å². The molecule has 0 saturated carbocycles. The number of pyridine rings is 1. The van der Waals surface area contributed by atoms with Crippen LogP contribution in [-0.2, 0) is 18.0 Å². The highest BCUT2D eigenvalue weighted by Crippen LogP contribution is 2.30. The zero-order valence-electron chi connectivity index (χ0n) is 8.38. The maximum Gasteiger partial charge on any atom is 0.149 e. The van der Waals surface area contributed by atoms with Crippen LogP contribution in [0, 0.1) is 12.7 Å². The van der Waals surface area contributed by atoms with Crippen LogP contribution >= 0.6 is 0 Å². The van der Waals surface area contributed by atoms with E-state index in [2.05, 4.69) is 4.98 Å². The molecule has 0 N–H and O–H groups in total. The fraction of sp³-hybridized carbons (Fsp3) is 0.250. The molecule has 76 valence electrons. The summed E-state index contributed by atoms with van der Waals surface area (Å²) >= 11 is 0. The van der Waals surface area contributed by atoms with E-state index >= 15 is 0 Å². The van der Waals surface area contributed by atoms with Crippen LogP contribution in [0.25, 0.3) is 10.9 Å². The van der Waals surface area contributed by atoms with E-state index in [4.69, 9.17) is 4.74 Å². The Balaban J connectivity index is 2.48. The molecule has 2 nitrogen and oxygen atoms in total. The Hall–Kier alpha value is -1.48. The summed E-state index contributed by atoms with van der Waals surface area (Å²) in [5.41, 5.74) is 3.55. The average Bonchev–Trinajstić information content (AvgIpc) is 2.69. The van der Waals surface area contributed by atoms with Crippen molar-refractivity contribution in [2.24, 2.45) is 0 Å². The van der Waals surface area contributed by atoms with Gasteiger partial charge in [-0.25, -0.2) is 9.37 Å². The normalized spacial score (nSPS) is 14.5. The van der Waals surface area contributed by atoms with Crippen LogP contribution in [0.15, 0.2) is 18.2 Å². The quantitative estimate of drug-likeness (QED) is 0.656. The van der Waals surface area contributed by atoms with Crippen molar-refractivity contribution in [1.29, 1.82) is 0 Å². The summed E-state index contributed by atoms with van der Waals surface area (Å²) in [6.07, 6.45) is 0. The van der Waals surface area contributed by atoms with E-state index in [9.17, 15) is 4.39 Å². The molecule has 0 aliphatic carbocycles. The van der Waals surface area contributed by atoms with E-state index in [1.165, 1.54) is 6.07 Å². The molecule has 3 rings (SSSR count). The Kier molecular flexibility index (Phi) is 1.76. The Labute approximate surface area is 86.7 Å². The summed E-state index contributed by atoms with van der Waals surface area (Å²) in [4.78, 5) is 4.29. The van der Waals surface area contributed by atoms with Gasteiger partial charge in [0.2, 0.25) is 0 Å². The van der Waals surface area contributed by atoms with Gasteiger partial charge in [0.1, 0.15) is 11.3 Å². The van der Waals surface area contributed by atoms with Gasteiger partial charge < -0.3 is 4.74 Å². The van der Waals surface area contributed by atoms with Gasteiger partial charge in [-0.15, -0.1) is 0 Å². The first-order valence-electron chi connectivity index (χ1n) is 4.91. The molecule has 2 heterocycles. The second-order valence-electron chi connectivity index (χ2n) is 3.78. The van der Waals surface area contributed by atoms with Crippen LogP contribution in [0.1, 0.15) is 16.8 Å². The number of benzene rings is 1. The molecule has 0 unspecified atom stereocenters. The van der Waals surface area contributed by atoms with Gasteiger partial charge in [0.25, 0.3) is 0 Å². The fourth-order valence-electron chi connectivity index (χ4n) is 2.10. The third-order valence-corrected chi connectivity index (χ3v) is 2.89. The zero-order valence-corrected chi connectivity index (χ0v) is 8.38. The molecule has 0 fully saturated rings. The Morgan fingerprint density at radius 1 is 1.27 bits per heavy atom. The SMILES string of the molecule is Cc1nc2c(F)cccc2c2c1COC2. The van der Waals surface area contributed by atoms with E-state index in [1.807, 2.05) is 13.0 Å². The molecule has 3 heteroatoms. The first-order chi connectivity index (χ1) is 7.27. The standard InChI is InChI=1S/C12H10FNO/c1-7-9-5-15-6-10(9)8-3-2-4-11(13)12(8)14-7/h2-4H,5-6H2,1H3. The molecule has 0 spiro atoms. The Bertz CT molecular complexity index is 551. The maximum atomic E-state index is 13.5. The van der Waals surface area contributed by atoms with Gasteiger partial charge >= 0.3 is 0 Å². The maximum absolute atomic E-state index is 13.5. The molecule has 0 amide bonds. The van der Waals surface area contributed by atoms with Gasteiger partial charge in [0.05, 0.1) is 13.2 Å². The lowest BCUT2D eigenvalue weighted by atomic mass is 10.0. The molecule has 1 aromatic carbocycles. The summed E-state index contributed by atoms with van der Waals surface area (Å²) in [6.45, 7) is 3.07. The van der Waals surface area contributed by atoms with Gasteiger partial charge in [-0.3, -0.25) is 0 Å². The molecular weight excluding hydrogens is 193 g/mol. The minimum atomic E-state index is -0.259. The third kappa shape index (κ3) is 1.16. The monoisotopic (exact) mass is 203 g/mol. The van der Waals surface area contributed by atoms with Crippen molar-refractivity contribution >= 4 is 10.9 Å². The molecule has 0 saturated heterocycles. The average molecular weight is 203 g/mol. The van der Waals surface area contributed by atoms with Crippen molar-refractivity contribution in [3.05, 3.63) is 40.8 Å². The van der Waals surface area contributed by atoms with Crippen molar-refractivity contribution in [3.63, 3.8) is 0 Å². The number of rotatable bonds is 0. The Morgan fingerprint density at radius 2 is 2.07 bits per heavy atom. The molecule has 1 aliphatic heterocycles. The minimum Gasteiger partial charge on any atom is -0.372 e. The fourth-order valence-corrected chi connectivity index (χ4v) is 2.10. The van der Waals surface area contributed by atoms with Crippen LogP contribution in [0.4, 0.5) is 4.39 Å². The number of halogens is 1. The number of hydrogen-bond donors (Lipinski definition) is 0. The van der Waals surface area contributed by atoms with Crippen LogP contribution < -0.4 is 0 Å². The predicted octanol–water partition coefficient (Wildman–Crippen LogP) is 2.71. The summed E-state index contributed by atoms with van der Waals surface area (Å²) in [6, 6.07) is 5.06. The summed E-state index contributed by atoms with van der Waals surface area (Å²) < 4.78 is 18.9. The highest BCUT2D eigenvalue weighted by atomic mass is 19.1. The van der Waals surface area contributed by atoms with Gasteiger partial charge in [-0.05, 0) is 18.6 Å². The first-order valence-corrected chi connectivity index (χ1v) is 4.91. The lowest BCUT2D eigenvalue weighted by molar-refractivity contribution is 0.134. The predicted molar refractivity (Wildman–Crippen MR) is 54.9 cm³/mol. The largest absolute Gasteiger partial charge is 0.372 e. The van der Waals surface area contributed by atoms with E-state index < -0.39 is 0 Å². The number of para-hydroxylation sites is 1. The van der Waals surface area contributed by atoms with E-state index in [1.54, 1.807) is 6.07 Å². The first kappa shape index (κ1) is 8.80. The van der Waals surface area contributed by atoms with Gasteiger partial charge in [0, 0.05) is 16.6 Å². The van der Waals surface area contributed by atoms with E-state index in [-0.39, 0.29) is 5.82 Å². The van der Waals surface area contributed by atoms with Gasteiger partial charge in [0.15, 0.2) is 0 Å². The second kappa shape index (κ2) is 3.00. The second-order valence-corrected chi connectivity index (χ2v) is 3.78. The lowest BCUT2D eigenvalue weighted by Gasteiger charge is -2.06. The van der Waals surface area contributed by atoms with Crippen LogP contribution in [-0.4, -0.2) is 4.98 Å². The number of hydrogen-bond acceptors (Lipinski definition) is 2. The molecule has 0 atom stereocenters. The molecule has 0 bridgehead atoms. The highest BCUT2D eigenvalue weighted by Gasteiger charge is 2.19. The summed E-state index contributed by atoms with van der Waals surface area (Å²) in [5.74, 6) is -0.259. The van der Waals surface area contributed by atoms with E-state index in [0.29, 0.717) is 18.7 Å². The minimum absolute atomic E-state index is 0.259. The molecule has 0 radical (unpaired) electrons.